The lowest BCUT2D eigenvalue weighted by Gasteiger charge is -2.37. The Balaban J connectivity index is 1.78. The van der Waals surface area contributed by atoms with Gasteiger partial charge in [-0.1, -0.05) is 13.8 Å². The monoisotopic (exact) mass is 254 g/mol. The van der Waals surface area contributed by atoms with Crippen LogP contribution < -0.4 is 10.6 Å². The van der Waals surface area contributed by atoms with Crippen LogP contribution in [0.25, 0.3) is 0 Å². The number of rotatable bonds is 4. The summed E-state index contributed by atoms with van der Waals surface area (Å²) in [7, 11) is 0. The van der Waals surface area contributed by atoms with Crippen molar-refractivity contribution in [2.75, 3.05) is 19.6 Å². The van der Waals surface area contributed by atoms with Gasteiger partial charge in [-0.25, -0.2) is 0 Å². The van der Waals surface area contributed by atoms with Crippen molar-refractivity contribution < 1.29 is 9.90 Å². The van der Waals surface area contributed by atoms with E-state index < -0.39 is 0 Å². The van der Waals surface area contributed by atoms with Gasteiger partial charge in [0.05, 0.1) is 6.10 Å². The number of aliphatic hydroxyl groups excluding tert-OH is 1. The molecule has 0 radical (unpaired) electrons. The second-order valence-corrected chi connectivity index (χ2v) is 6.47. The first-order chi connectivity index (χ1) is 8.50. The summed E-state index contributed by atoms with van der Waals surface area (Å²) in [5.41, 5.74) is -0.296. The highest BCUT2D eigenvalue weighted by Crippen LogP contribution is 2.32. The van der Waals surface area contributed by atoms with Gasteiger partial charge in [0.25, 0.3) is 0 Å². The van der Waals surface area contributed by atoms with Crippen LogP contribution in [0.3, 0.4) is 0 Å². The Labute approximate surface area is 110 Å². The third-order valence-electron chi connectivity index (χ3n) is 4.66. The third kappa shape index (κ3) is 3.04. The van der Waals surface area contributed by atoms with Crippen molar-refractivity contribution in [3.63, 3.8) is 0 Å². The van der Waals surface area contributed by atoms with E-state index >= 15 is 0 Å². The fraction of sp³-hybridized carbons (Fsp3) is 0.929. The van der Waals surface area contributed by atoms with Crippen LogP contribution in [-0.2, 0) is 4.79 Å². The molecule has 4 heteroatoms. The van der Waals surface area contributed by atoms with E-state index in [-0.39, 0.29) is 17.4 Å². The highest BCUT2D eigenvalue weighted by atomic mass is 16.3. The van der Waals surface area contributed by atoms with E-state index in [4.69, 9.17) is 0 Å². The molecule has 1 amide bonds. The Morgan fingerprint density at radius 3 is 2.72 bits per heavy atom. The summed E-state index contributed by atoms with van der Waals surface area (Å²) in [5, 5.41) is 15.7. The van der Waals surface area contributed by atoms with Crippen LogP contribution in [0.4, 0.5) is 0 Å². The van der Waals surface area contributed by atoms with Crippen LogP contribution in [0.1, 0.15) is 39.5 Å². The number of nitrogens with one attached hydrogen (secondary N) is 2. The average molecular weight is 254 g/mol. The molecule has 0 aromatic heterocycles. The maximum Gasteiger partial charge on any atom is 0.225 e. The van der Waals surface area contributed by atoms with E-state index in [2.05, 4.69) is 24.5 Å². The summed E-state index contributed by atoms with van der Waals surface area (Å²) in [6.45, 7) is 6.85. The zero-order valence-corrected chi connectivity index (χ0v) is 11.5. The first-order valence-corrected chi connectivity index (χ1v) is 7.17. The van der Waals surface area contributed by atoms with Crippen molar-refractivity contribution in [1.29, 1.82) is 0 Å². The topological polar surface area (TPSA) is 61.4 Å². The maximum absolute atomic E-state index is 12.3. The average Bonchev–Trinajstić information content (AvgIpc) is 2.34. The van der Waals surface area contributed by atoms with Gasteiger partial charge in [0.1, 0.15) is 0 Å². The summed E-state index contributed by atoms with van der Waals surface area (Å²) in [6, 6.07) is 0. The molecule has 1 unspecified atom stereocenters. The van der Waals surface area contributed by atoms with E-state index in [1.165, 1.54) is 0 Å². The van der Waals surface area contributed by atoms with Crippen molar-refractivity contribution in [1.82, 2.24) is 10.6 Å². The molecule has 1 aliphatic heterocycles. The number of aliphatic hydroxyl groups is 1. The predicted molar refractivity (Wildman–Crippen MR) is 71.1 cm³/mol. The molecule has 3 N–H and O–H groups in total. The first kappa shape index (κ1) is 13.8. The van der Waals surface area contributed by atoms with Gasteiger partial charge in [-0.15, -0.1) is 0 Å². The van der Waals surface area contributed by atoms with Gasteiger partial charge in [0, 0.05) is 12.0 Å². The Morgan fingerprint density at radius 1 is 1.44 bits per heavy atom. The lowest BCUT2D eigenvalue weighted by molar-refractivity contribution is -0.133. The van der Waals surface area contributed by atoms with E-state index in [1.807, 2.05) is 0 Å². The predicted octanol–water partition coefficient (Wildman–Crippen LogP) is 0.899. The van der Waals surface area contributed by atoms with Gasteiger partial charge in [-0.2, -0.15) is 0 Å². The van der Waals surface area contributed by atoms with Gasteiger partial charge in [-0.3, -0.25) is 4.79 Å². The van der Waals surface area contributed by atoms with Gasteiger partial charge in [-0.05, 0) is 50.6 Å². The molecule has 0 aromatic carbocycles. The number of hydrogen-bond donors (Lipinski definition) is 3. The molecule has 18 heavy (non-hydrogen) atoms. The fourth-order valence-corrected chi connectivity index (χ4v) is 2.99. The molecular weight excluding hydrogens is 228 g/mol. The molecule has 2 fully saturated rings. The lowest BCUT2D eigenvalue weighted by Crippen LogP contribution is -2.49. The Bertz CT molecular complexity index is 292. The van der Waals surface area contributed by atoms with Gasteiger partial charge in [0.2, 0.25) is 5.91 Å². The minimum Gasteiger partial charge on any atom is -0.393 e. The molecular formula is C14H26N2O2. The highest BCUT2D eigenvalue weighted by molar-refractivity contribution is 5.82. The van der Waals surface area contributed by atoms with Crippen molar-refractivity contribution in [2.24, 2.45) is 17.3 Å². The summed E-state index contributed by atoms with van der Waals surface area (Å²) < 4.78 is 0. The fourth-order valence-electron chi connectivity index (χ4n) is 2.99. The summed E-state index contributed by atoms with van der Waals surface area (Å²) in [4.78, 5) is 12.3. The van der Waals surface area contributed by atoms with Crippen LogP contribution >= 0.6 is 0 Å². The van der Waals surface area contributed by atoms with Gasteiger partial charge < -0.3 is 15.7 Å². The van der Waals surface area contributed by atoms with E-state index in [1.54, 1.807) is 0 Å². The molecule has 2 aliphatic rings. The van der Waals surface area contributed by atoms with Crippen LogP contribution in [0.2, 0.25) is 0 Å². The Hall–Kier alpha value is -0.610. The molecule has 1 saturated carbocycles. The van der Waals surface area contributed by atoms with E-state index in [0.29, 0.717) is 11.8 Å². The second kappa shape index (κ2) is 5.57. The lowest BCUT2D eigenvalue weighted by atomic mass is 9.74. The molecule has 1 atom stereocenters. The molecule has 4 nitrogen and oxygen atoms in total. The SMILES string of the molecule is CC(C)(C(=O)NCC1CC(O)C1)C1CCCNC1. The molecule has 104 valence electrons. The summed E-state index contributed by atoms with van der Waals surface area (Å²) in [5.74, 6) is 1.07. The maximum atomic E-state index is 12.3. The second-order valence-electron chi connectivity index (χ2n) is 6.47. The van der Waals surface area contributed by atoms with Crippen molar-refractivity contribution in [3.05, 3.63) is 0 Å². The zero-order valence-electron chi connectivity index (χ0n) is 11.5. The number of carbonyl (C=O) groups excluding carboxylic acids is 1. The quantitative estimate of drug-likeness (QED) is 0.698. The molecule has 1 saturated heterocycles. The Morgan fingerprint density at radius 2 is 2.17 bits per heavy atom. The minimum atomic E-state index is -0.296. The van der Waals surface area contributed by atoms with Crippen LogP contribution in [-0.4, -0.2) is 36.8 Å². The van der Waals surface area contributed by atoms with Crippen LogP contribution in [0.15, 0.2) is 0 Å². The molecule has 0 bridgehead atoms. The Kier molecular flexibility index (Phi) is 4.28. The summed E-state index contributed by atoms with van der Waals surface area (Å²) >= 11 is 0. The highest BCUT2D eigenvalue weighted by Gasteiger charge is 2.37. The number of hydrogen-bond acceptors (Lipinski definition) is 3. The standard InChI is InChI=1S/C14H26N2O2/c1-14(2,11-4-3-5-15-9-11)13(18)16-8-10-6-12(17)7-10/h10-12,15,17H,3-9H2,1-2H3,(H,16,18). The number of amides is 1. The van der Waals surface area contributed by atoms with Gasteiger partial charge in [0.15, 0.2) is 0 Å². The number of piperidine rings is 1. The largest absolute Gasteiger partial charge is 0.393 e. The van der Waals surface area contributed by atoms with Crippen molar-refractivity contribution >= 4 is 5.91 Å². The van der Waals surface area contributed by atoms with Crippen molar-refractivity contribution in [3.8, 4) is 0 Å². The van der Waals surface area contributed by atoms with Crippen LogP contribution in [0, 0.1) is 17.3 Å². The molecule has 0 spiro atoms. The molecule has 0 aromatic rings. The minimum absolute atomic E-state index is 0.137. The van der Waals surface area contributed by atoms with Gasteiger partial charge >= 0.3 is 0 Å². The molecule has 1 aliphatic carbocycles. The number of carbonyl (C=O) groups is 1. The van der Waals surface area contributed by atoms with Crippen LogP contribution in [0.5, 0.6) is 0 Å². The zero-order chi connectivity index (χ0) is 13.2. The van der Waals surface area contributed by atoms with E-state index in [9.17, 15) is 9.90 Å². The smallest absolute Gasteiger partial charge is 0.225 e. The first-order valence-electron chi connectivity index (χ1n) is 7.17. The third-order valence-corrected chi connectivity index (χ3v) is 4.66. The van der Waals surface area contributed by atoms with Crippen molar-refractivity contribution in [2.45, 2.75) is 45.6 Å². The molecule has 2 rings (SSSR count). The molecule has 1 heterocycles. The normalized spacial score (nSPS) is 32.7. The summed E-state index contributed by atoms with van der Waals surface area (Å²) in [6.07, 6.45) is 3.84. The van der Waals surface area contributed by atoms with E-state index in [0.717, 1.165) is 45.3 Å².